The van der Waals surface area contributed by atoms with Gasteiger partial charge in [-0.3, -0.25) is 4.79 Å². The summed E-state index contributed by atoms with van der Waals surface area (Å²) in [6.07, 6.45) is 0.850. The molecule has 1 fully saturated rings. The molecule has 0 bridgehead atoms. The maximum Gasteiger partial charge on any atom is 0.303 e. The summed E-state index contributed by atoms with van der Waals surface area (Å²) in [5.74, 6) is 1.09. The van der Waals surface area contributed by atoms with Crippen LogP contribution in [0.3, 0.4) is 0 Å². The third kappa shape index (κ3) is 2.76. The lowest BCUT2D eigenvalue weighted by Crippen LogP contribution is -2.42. The first-order valence-electron chi connectivity index (χ1n) is 6.54. The van der Waals surface area contributed by atoms with E-state index < -0.39 is 12.3 Å². The molecule has 0 radical (unpaired) electrons. The van der Waals surface area contributed by atoms with Crippen LogP contribution in [0.1, 0.15) is 13.3 Å². The van der Waals surface area contributed by atoms with E-state index in [9.17, 15) is 9.90 Å². The molecule has 1 saturated heterocycles. The van der Waals surface area contributed by atoms with Crippen molar-refractivity contribution in [2.24, 2.45) is 0 Å². The van der Waals surface area contributed by atoms with Crippen LogP contribution in [0.15, 0.2) is 11.1 Å². The summed E-state index contributed by atoms with van der Waals surface area (Å²) in [6.45, 7) is 1.24. The largest absolute Gasteiger partial charge is 0.458 e. The molecule has 0 amide bonds. The minimum Gasteiger partial charge on any atom is -0.458 e. The molecule has 3 N–H and O–H groups in total. The predicted octanol–water partition coefficient (Wildman–Crippen LogP) is -0.0326. The molecule has 3 rings (SSSR count). The number of nitrogen functional groups attached to an aromatic ring is 1. The summed E-state index contributed by atoms with van der Waals surface area (Å²) in [7, 11) is 0. The molecule has 1 aromatic heterocycles. The van der Waals surface area contributed by atoms with Crippen LogP contribution in [0.25, 0.3) is 0 Å². The zero-order valence-corrected chi connectivity index (χ0v) is 12.2. The molecule has 3 atom stereocenters. The Morgan fingerprint density at radius 3 is 3.24 bits per heavy atom. The van der Waals surface area contributed by atoms with E-state index in [1.807, 2.05) is 4.90 Å². The van der Waals surface area contributed by atoms with Crippen LogP contribution < -0.4 is 10.6 Å². The summed E-state index contributed by atoms with van der Waals surface area (Å²) < 4.78 is 11.1. The fourth-order valence-corrected chi connectivity index (χ4v) is 3.47. The summed E-state index contributed by atoms with van der Waals surface area (Å²) in [5, 5.41) is 9.28. The van der Waals surface area contributed by atoms with Crippen LogP contribution in [0.5, 0.6) is 0 Å². The van der Waals surface area contributed by atoms with Crippen molar-refractivity contribution in [3.8, 4) is 0 Å². The number of anilines is 2. The van der Waals surface area contributed by atoms with Crippen LogP contribution >= 0.6 is 11.8 Å². The number of nitrogens with two attached hydrogens (primary N) is 1. The lowest BCUT2D eigenvalue weighted by molar-refractivity contribution is -0.149. The van der Waals surface area contributed by atoms with E-state index in [0.29, 0.717) is 18.1 Å². The van der Waals surface area contributed by atoms with Gasteiger partial charge in [0, 0.05) is 19.5 Å². The zero-order chi connectivity index (χ0) is 15.0. The number of ether oxygens (including phenoxy) is 2. The molecule has 0 spiro atoms. The smallest absolute Gasteiger partial charge is 0.303 e. The van der Waals surface area contributed by atoms with Crippen molar-refractivity contribution in [3.05, 3.63) is 6.20 Å². The third-order valence-electron chi connectivity index (χ3n) is 3.36. The Hall–Kier alpha value is -1.58. The molecule has 21 heavy (non-hydrogen) atoms. The highest BCUT2D eigenvalue weighted by molar-refractivity contribution is 7.99. The molecule has 8 nitrogen and oxygen atoms in total. The number of esters is 1. The van der Waals surface area contributed by atoms with Gasteiger partial charge in [-0.1, -0.05) is 11.8 Å². The van der Waals surface area contributed by atoms with E-state index in [4.69, 9.17) is 15.2 Å². The molecule has 114 valence electrons. The van der Waals surface area contributed by atoms with Gasteiger partial charge in [-0.15, -0.1) is 0 Å². The predicted molar refractivity (Wildman–Crippen MR) is 75.6 cm³/mol. The van der Waals surface area contributed by atoms with E-state index in [1.54, 1.807) is 18.0 Å². The Morgan fingerprint density at radius 1 is 1.71 bits per heavy atom. The SMILES string of the molecule is CC(=O)O[C@@H]1C[C@@H](CO)O[C@H]1N1CSc2cnc(N)nc21. The number of thioether (sulfide) groups is 1. The first kappa shape index (κ1) is 14.4. The second kappa shape index (κ2) is 5.66. The second-order valence-electron chi connectivity index (χ2n) is 4.87. The Labute approximate surface area is 125 Å². The van der Waals surface area contributed by atoms with Crippen molar-refractivity contribution < 1.29 is 19.4 Å². The van der Waals surface area contributed by atoms with Gasteiger partial charge in [-0.25, -0.2) is 4.98 Å². The van der Waals surface area contributed by atoms with Crippen LogP contribution in [0.4, 0.5) is 11.8 Å². The third-order valence-corrected chi connectivity index (χ3v) is 4.37. The van der Waals surface area contributed by atoms with Gasteiger partial charge in [0.05, 0.1) is 23.5 Å². The second-order valence-corrected chi connectivity index (χ2v) is 5.86. The van der Waals surface area contributed by atoms with Crippen molar-refractivity contribution in [2.45, 2.75) is 36.7 Å². The number of hydrogen-bond acceptors (Lipinski definition) is 9. The van der Waals surface area contributed by atoms with Gasteiger partial charge in [0.2, 0.25) is 5.95 Å². The van der Waals surface area contributed by atoms with Crippen LogP contribution in [-0.4, -0.2) is 52.0 Å². The van der Waals surface area contributed by atoms with Crippen molar-refractivity contribution in [3.63, 3.8) is 0 Å². The van der Waals surface area contributed by atoms with Gasteiger partial charge in [0.1, 0.15) is 6.10 Å². The average Bonchev–Trinajstić information content (AvgIpc) is 3.01. The van der Waals surface area contributed by atoms with Crippen LogP contribution in [-0.2, 0) is 14.3 Å². The van der Waals surface area contributed by atoms with Crippen molar-refractivity contribution in [1.29, 1.82) is 0 Å². The maximum atomic E-state index is 11.2. The van der Waals surface area contributed by atoms with Gasteiger partial charge in [0.15, 0.2) is 12.0 Å². The van der Waals surface area contributed by atoms with E-state index in [2.05, 4.69) is 9.97 Å². The van der Waals surface area contributed by atoms with Gasteiger partial charge in [-0.05, 0) is 0 Å². The van der Waals surface area contributed by atoms with Crippen molar-refractivity contribution >= 4 is 29.5 Å². The number of aliphatic hydroxyl groups excluding tert-OH is 1. The van der Waals surface area contributed by atoms with Gasteiger partial charge >= 0.3 is 5.97 Å². The van der Waals surface area contributed by atoms with Crippen LogP contribution in [0.2, 0.25) is 0 Å². The minimum atomic E-state index is -0.478. The minimum absolute atomic E-state index is 0.117. The highest BCUT2D eigenvalue weighted by atomic mass is 32.2. The van der Waals surface area contributed by atoms with Crippen molar-refractivity contribution in [1.82, 2.24) is 9.97 Å². The number of aromatic nitrogens is 2. The number of aliphatic hydroxyl groups is 1. The molecule has 2 aliphatic heterocycles. The Kier molecular flexibility index (Phi) is 3.87. The van der Waals surface area contributed by atoms with Gasteiger partial charge in [-0.2, -0.15) is 4.98 Å². The number of carbonyl (C=O) groups is 1. The fraction of sp³-hybridized carbons (Fsp3) is 0.583. The topological polar surface area (TPSA) is 111 Å². The molecular formula is C12H16N4O4S. The van der Waals surface area contributed by atoms with E-state index in [0.717, 1.165) is 4.90 Å². The Bertz CT molecular complexity index is 558. The lowest BCUT2D eigenvalue weighted by Gasteiger charge is -2.28. The van der Waals surface area contributed by atoms with Gasteiger partial charge in [0.25, 0.3) is 0 Å². The highest BCUT2D eigenvalue weighted by Gasteiger charge is 2.43. The lowest BCUT2D eigenvalue weighted by atomic mass is 10.2. The molecular weight excluding hydrogens is 296 g/mol. The first-order valence-corrected chi connectivity index (χ1v) is 7.52. The number of carbonyl (C=O) groups excluding carboxylic acids is 1. The zero-order valence-electron chi connectivity index (χ0n) is 11.4. The van der Waals surface area contributed by atoms with Crippen LogP contribution in [0, 0.1) is 0 Å². The number of hydrogen-bond donors (Lipinski definition) is 2. The molecule has 9 heteroatoms. The highest BCUT2D eigenvalue weighted by Crippen LogP contribution is 2.41. The molecule has 0 aliphatic carbocycles. The number of nitrogens with zero attached hydrogens (tertiary/aromatic N) is 3. The maximum absolute atomic E-state index is 11.2. The first-order chi connectivity index (χ1) is 10.1. The molecule has 0 aromatic carbocycles. The molecule has 0 saturated carbocycles. The fourth-order valence-electron chi connectivity index (χ4n) is 2.50. The number of rotatable bonds is 3. The molecule has 1 aromatic rings. The monoisotopic (exact) mass is 312 g/mol. The standard InChI is InChI=1S/C12H16N4O4S/c1-6(18)19-8-2-7(4-17)20-11(8)16-5-21-9-3-14-12(13)15-10(9)16/h3,7-8,11,17H,2,4-5H2,1H3,(H2,13,14,15)/t7-,8+,11+/m0/s1. The Balaban J connectivity index is 1.85. The molecule has 3 heterocycles. The normalized spacial score (nSPS) is 27.7. The Morgan fingerprint density at radius 2 is 2.52 bits per heavy atom. The van der Waals surface area contributed by atoms with Crippen molar-refractivity contribution in [2.75, 3.05) is 23.1 Å². The average molecular weight is 312 g/mol. The number of fused-ring (bicyclic) bond motifs is 1. The summed E-state index contributed by atoms with van der Waals surface area (Å²) >= 11 is 1.56. The van der Waals surface area contributed by atoms with E-state index in [-0.39, 0.29) is 24.6 Å². The molecule has 0 unspecified atom stereocenters. The molecule has 2 aliphatic rings. The summed E-state index contributed by atoms with van der Waals surface area (Å²) in [6, 6.07) is 0. The summed E-state index contributed by atoms with van der Waals surface area (Å²) in [5.41, 5.74) is 5.64. The van der Waals surface area contributed by atoms with E-state index >= 15 is 0 Å². The quantitative estimate of drug-likeness (QED) is 0.743. The van der Waals surface area contributed by atoms with E-state index in [1.165, 1.54) is 6.92 Å². The van der Waals surface area contributed by atoms with Gasteiger partial charge < -0.3 is 25.2 Å². The summed E-state index contributed by atoms with van der Waals surface area (Å²) in [4.78, 5) is 22.2.